The van der Waals surface area contributed by atoms with Crippen LogP contribution in [-0.4, -0.2) is 24.0 Å². The number of carbonyl (C=O) groups excluding carboxylic acids is 1. The maximum absolute atomic E-state index is 12.6. The molecule has 1 aliphatic carbocycles. The van der Waals surface area contributed by atoms with Gasteiger partial charge in [0.05, 0.1) is 23.1 Å². The Labute approximate surface area is 133 Å². The minimum atomic E-state index is -0.937. The van der Waals surface area contributed by atoms with Crippen molar-refractivity contribution in [3.05, 3.63) is 27.7 Å². The second-order valence-corrected chi connectivity index (χ2v) is 6.27. The molecule has 21 heavy (non-hydrogen) atoms. The summed E-state index contributed by atoms with van der Waals surface area (Å²) in [6.45, 7) is 1.95. The van der Waals surface area contributed by atoms with Gasteiger partial charge in [-0.3, -0.25) is 9.59 Å². The fourth-order valence-electron chi connectivity index (χ4n) is 2.93. The smallest absolute Gasteiger partial charge is 0.307 e. The summed E-state index contributed by atoms with van der Waals surface area (Å²) in [5.41, 5.74) is 0.257. The van der Waals surface area contributed by atoms with Crippen molar-refractivity contribution in [2.24, 2.45) is 17.8 Å². The van der Waals surface area contributed by atoms with Gasteiger partial charge >= 0.3 is 5.97 Å². The third kappa shape index (κ3) is 3.16. The summed E-state index contributed by atoms with van der Waals surface area (Å²) in [5, 5.41) is 9.78. The predicted molar refractivity (Wildman–Crippen MR) is 80.4 cm³/mol. The average Bonchev–Trinajstić information content (AvgIpc) is 2.82. The van der Waals surface area contributed by atoms with Crippen molar-refractivity contribution in [2.45, 2.75) is 19.8 Å². The maximum Gasteiger partial charge on any atom is 0.307 e. The van der Waals surface area contributed by atoms with E-state index in [-0.39, 0.29) is 27.3 Å². The number of carboxylic acids is 1. The van der Waals surface area contributed by atoms with Crippen LogP contribution in [0.25, 0.3) is 0 Å². The van der Waals surface area contributed by atoms with E-state index in [0.29, 0.717) is 18.6 Å². The fraction of sp³-hybridized carbons (Fsp3) is 0.467. The molecule has 1 aromatic rings. The summed E-state index contributed by atoms with van der Waals surface area (Å²) in [6, 6.07) is 2.93. The Morgan fingerprint density at radius 2 is 1.81 bits per heavy atom. The molecule has 1 N–H and O–H groups in total. The summed E-state index contributed by atoms with van der Waals surface area (Å²) in [6.07, 6.45) is 1.06. The van der Waals surface area contributed by atoms with Crippen LogP contribution in [0.1, 0.15) is 30.1 Å². The molecule has 3 unspecified atom stereocenters. The van der Waals surface area contributed by atoms with Gasteiger partial charge in [0.2, 0.25) is 0 Å². The van der Waals surface area contributed by atoms with E-state index >= 15 is 0 Å². The van der Waals surface area contributed by atoms with E-state index in [4.69, 9.17) is 27.9 Å². The highest BCUT2D eigenvalue weighted by molar-refractivity contribution is 6.37. The SMILES string of the molecule is COc1cc(Cl)c(C(=O)C2CC(C)CC2C(=O)O)cc1Cl. The van der Waals surface area contributed by atoms with Gasteiger partial charge in [0.15, 0.2) is 5.78 Å². The van der Waals surface area contributed by atoms with Crippen LogP contribution in [0.4, 0.5) is 0 Å². The molecule has 6 heteroatoms. The molecular formula is C15H16Cl2O4. The minimum Gasteiger partial charge on any atom is -0.495 e. The Balaban J connectivity index is 2.36. The number of benzene rings is 1. The maximum atomic E-state index is 12.6. The number of hydrogen-bond donors (Lipinski definition) is 1. The molecule has 0 amide bonds. The summed E-state index contributed by atoms with van der Waals surface area (Å²) >= 11 is 12.1. The van der Waals surface area contributed by atoms with E-state index in [2.05, 4.69) is 0 Å². The summed E-state index contributed by atoms with van der Waals surface area (Å²) in [7, 11) is 1.46. The van der Waals surface area contributed by atoms with Gasteiger partial charge in [0.25, 0.3) is 0 Å². The molecule has 0 aliphatic heterocycles. The molecule has 1 fully saturated rings. The first-order valence-corrected chi connectivity index (χ1v) is 7.40. The fourth-order valence-corrected chi connectivity index (χ4v) is 3.42. The molecule has 0 heterocycles. The van der Waals surface area contributed by atoms with Crippen molar-refractivity contribution in [1.29, 1.82) is 0 Å². The quantitative estimate of drug-likeness (QED) is 0.849. The van der Waals surface area contributed by atoms with Gasteiger partial charge in [-0.15, -0.1) is 0 Å². The Morgan fingerprint density at radius 1 is 1.19 bits per heavy atom. The normalized spacial score (nSPS) is 24.9. The number of methoxy groups -OCH3 is 1. The van der Waals surface area contributed by atoms with Crippen LogP contribution in [0.5, 0.6) is 5.75 Å². The van der Waals surface area contributed by atoms with Crippen molar-refractivity contribution in [1.82, 2.24) is 0 Å². The summed E-state index contributed by atoms with van der Waals surface area (Å²) in [5.74, 6) is -1.83. The molecule has 0 radical (unpaired) electrons. The number of rotatable bonds is 4. The van der Waals surface area contributed by atoms with Crippen molar-refractivity contribution >= 4 is 35.0 Å². The van der Waals surface area contributed by atoms with Gasteiger partial charge in [-0.25, -0.2) is 0 Å². The van der Waals surface area contributed by atoms with E-state index < -0.39 is 17.8 Å². The molecule has 1 saturated carbocycles. The Bertz CT molecular complexity index is 585. The van der Waals surface area contributed by atoms with Crippen molar-refractivity contribution in [2.75, 3.05) is 7.11 Å². The van der Waals surface area contributed by atoms with Gasteiger partial charge in [-0.2, -0.15) is 0 Å². The van der Waals surface area contributed by atoms with E-state index in [1.54, 1.807) is 0 Å². The number of aliphatic carboxylic acids is 1. The van der Waals surface area contributed by atoms with Crippen LogP contribution in [0.15, 0.2) is 12.1 Å². The highest BCUT2D eigenvalue weighted by Crippen LogP contribution is 2.40. The predicted octanol–water partition coefficient (Wildman–Crippen LogP) is 3.93. The first-order valence-electron chi connectivity index (χ1n) is 6.65. The number of hydrogen-bond acceptors (Lipinski definition) is 3. The molecule has 3 atom stereocenters. The van der Waals surface area contributed by atoms with Crippen molar-refractivity contribution in [3.8, 4) is 5.75 Å². The molecule has 2 rings (SSSR count). The Hall–Kier alpha value is -1.26. The summed E-state index contributed by atoms with van der Waals surface area (Å²) in [4.78, 5) is 23.9. The first-order chi connectivity index (χ1) is 9.85. The van der Waals surface area contributed by atoms with Gasteiger partial charge < -0.3 is 9.84 Å². The second-order valence-electron chi connectivity index (χ2n) is 5.46. The zero-order chi connectivity index (χ0) is 15.7. The summed E-state index contributed by atoms with van der Waals surface area (Å²) < 4.78 is 5.04. The van der Waals surface area contributed by atoms with Gasteiger partial charge in [-0.05, 0) is 24.8 Å². The first kappa shape index (κ1) is 16.1. The number of ketones is 1. The highest BCUT2D eigenvalue weighted by Gasteiger charge is 2.41. The lowest BCUT2D eigenvalue weighted by molar-refractivity contribution is -0.142. The molecule has 0 aromatic heterocycles. The van der Waals surface area contributed by atoms with Crippen molar-refractivity contribution in [3.63, 3.8) is 0 Å². The van der Waals surface area contributed by atoms with Crippen LogP contribution in [-0.2, 0) is 4.79 Å². The van der Waals surface area contributed by atoms with Gasteiger partial charge in [-0.1, -0.05) is 30.1 Å². The molecule has 0 saturated heterocycles. The van der Waals surface area contributed by atoms with Crippen molar-refractivity contribution < 1.29 is 19.4 Å². The van der Waals surface area contributed by atoms with Crippen LogP contribution in [0.3, 0.4) is 0 Å². The highest BCUT2D eigenvalue weighted by atomic mass is 35.5. The van der Waals surface area contributed by atoms with E-state index in [1.807, 2.05) is 6.92 Å². The average molecular weight is 331 g/mol. The Morgan fingerprint density at radius 3 is 2.38 bits per heavy atom. The van der Waals surface area contributed by atoms with E-state index in [0.717, 1.165) is 0 Å². The van der Waals surface area contributed by atoms with Crippen LogP contribution < -0.4 is 4.74 Å². The lowest BCUT2D eigenvalue weighted by Gasteiger charge is -2.16. The van der Waals surface area contributed by atoms with E-state index in [1.165, 1.54) is 19.2 Å². The molecule has 4 nitrogen and oxygen atoms in total. The number of Topliss-reactive ketones (excluding diaryl/α,β-unsaturated/α-hetero) is 1. The minimum absolute atomic E-state index is 0.201. The van der Waals surface area contributed by atoms with Gasteiger partial charge in [0, 0.05) is 17.5 Å². The Kier molecular flexibility index (Phi) is 4.79. The molecular weight excluding hydrogens is 315 g/mol. The molecule has 1 aromatic carbocycles. The number of carbonyl (C=O) groups is 2. The van der Waals surface area contributed by atoms with Crippen LogP contribution in [0.2, 0.25) is 10.0 Å². The molecule has 1 aliphatic rings. The zero-order valence-corrected chi connectivity index (χ0v) is 13.2. The number of halogens is 2. The monoisotopic (exact) mass is 330 g/mol. The largest absolute Gasteiger partial charge is 0.495 e. The molecule has 0 spiro atoms. The molecule has 114 valence electrons. The zero-order valence-electron chi connectivity index (χ0n) is 11.7. The van der Waals surface area contributed by atoms with Crippen LogP contribution in [0, 0.1) is 17.8 Å². The number of carboxylic acid groups (broad SMARTS) is 1. The van der Waals surface area contributed by atoms with Crippen LogP contribution >= 0.6 is 23.2 Å². The second kappa shape index (κ2) is 6.24. The topological polar surface area (TPSA) is 63.6 Å². The standard InChI is InChI=1S/C15H16Cl2O4/c1-7-3-8(9(4-7)15(19)20)14(18)10-5-12(17)13(21-2)6-11(10)16/h5-9H,3-4H2,1-2H3,(H,19,20). The lowest BCUT2D eigenvalue weighted by atomic mass is 9.88. The third-order valence-electron chi connectivity index (χ3n) is 3.96. The third-order valence-corrected chi connectivity index (χ3v) is 4.57. The lowest BCUT2D eigenvalue weighted by Crippen LogP contribution is -2.25. The van der Waals surface area contributed by atoms with Gasteiger partial charge in [0.1, 0.15) is 5.75 Å². The van der Waals surface area contributed by atoms with E-state index in [9.17, 15) is 14.7 Å². The molecule has 0 bridgehead atoms. The number of ether oxygens (including phenoxy) is 1.